The van der Waals surface area contributed by atoms with Gasteiger partial charge in [0.25, 0.3) is 0 Å². The van der Waals surface area contributed by atoms with E-state index in [2.05, 4.69) is 259 Å². The predicted molar refractivity (Wildman–Crippen MR) is 303 cm³/mol. The van der Waals surface area contributed by atoms with Gasteiger partial charge in [-0.15, -0.1) is 0 Å². The van der Waals surface area contributed by atoms with Gasteiger partial charge in [-0.3, -0.25) is 0 Å². The highest BCUT2D eigenvalue weighted by Gasteiger charge is 2.29. The van der Waals surface area contributed by atoms with Gasteiger partial charge in [-0.2, -0.15) is 0 Å². The lowest BCUT2D eigenvalue weighted by Crippen LogP contribution is -2.20. The van der Waals surface area contributed by atoms with Gasteiger partial charge in [-0.05, 0) is 129 Å². The molecule has 342 valence electrons. The van der Waals surface area contributed by atoms with Crippen LogP contribution < -0.4 is 4.90 Å². The van der Waals surface area contributed by atoms with E-state index in [4.69, 9.17) is 0 Å². The van der Waals surface area contributed by atoms with Gasteiger partial charge in [0, 0.05) is 38.7 Å². The maximum atomic E-state index is 2.56. The summed E-state index contributed by atoms with van der Waals surface area (Å²) >= 11 is 0. The van der Waals surface area contributed by atoms with Gasteiger partial charge in [0.15, 0.2) is 0 Å². The number of nitrogens with zero attached hydrogens (tertiary/aromatic N) is 2. The molecule has 0 spiro atoms. The number of allylic oxidation sites excluding steroid dienone is 4. The quantitative estimate of drug-likeness (QED) is 0.140. The normalized spacial score (nSPS) is 16.1. The lowest BCUT2D eigenvalue weighted by Gasteiger charge is -2.32. The molecule has 2 heteroatoms. The van der Waals surface area contributed by atoms with Gasteiger partial charge in [0.1, 0.15) is 0 Å². The first-order chi connectivity index (χ1) is 35.1. The molecule has 2 aliphatic carbocycles. The third-order valence-electron chi connectivity index (χ3n) is 15.8. The number of fused-ring (bicyclic) bond motifs is 5. The van der Waals surface area contributed by atoms with E-state index in [0.717, 1.165) is 34.7 Å². The van der Waals surface area contributed by atoms with Crippen molar-refractivity contribution in [1.29, 1.82) is 0 Å². The second kappa shape index (κ2) is 18.0. The summed E-state index contributed by atoms with van der Waals surface area (Å²) in [6.45, 7) is 2.39. The smallest absolute Gasteiger partial charge is 0.0547 e. The SMILES string of the molecule is CC1(c2cccc3cccc(-c4ccccc4N(c4cccc(-c5ccc6c7ccccc7n(-c7ccccc7)c6c5)c4)c4ccccc4-c4cccc5cccc(C6CCCCC6)c45)c23)C=CC=CC1. The van der Waals surface area contributed by atoms with Crippen LogP contribution in [0.1, 0.15) is 62.5 Å². The van der Waals surface area contributed by atoms with E-state index in [9.17, 15) is 0 Å². The molecule has 1 unspecified atom stereocenters. The van der Waals surface area contributed by atoms with E-state index in [1.807, 2.05) is 0 Å². The van der Waals surface area contributed by atoms with Gasteiger partial charge >= 0.3 is 0 Å². The third-order valence-corrected chi connectivity index (χ3v) is 15.8. The van der Waals surface area contributed by atoms with Crippen LogP contribution in [0.2, 0.25) is 0 Å². The van der Waals surface area contributed by atoms with Crippen molar-refractivity contribution in [3.05, 3.63) is 254 Å². The summed E-state index contributed by atoms with van der Waals surface area (Å²) in [6.07, 6.45) is 16.5. The van der Waals surface area contributed by atoms with Crippen molar-refractivity contribution in [2.75, 3.05) is 4.90 Å². The average Bonchev–Trinajstić information content (AvgIpc) is 3.77. The van der Waals surface area contributed by atoms with Crippen molar-refractivity contribution in [3.8, 4) is 39.1 Å². The van der Waals surface area contributed by atoms with Crippen LogP contribution in [0.3, 0.4) is 0 Å². The number of para-hydroxylation sites is 4. The zero-order valence-corrected chi connectivity index (χ0v) is 40.3. The zero-order chi connectivity index (χ0) is 47.3. The van der Waals surface area contributed by atoms with Crippen LogP contribution in [-0.2, 0) is 5.41 Å². The van der Waals surface area contributed by atoms with Gasteiger partial charge in [0.05, 0.1) is 22.4 Å². The van der Waals surface area contributed by atoms with E-state index in [1.165, 1.54) is 114 Å². The molecule has 1 atom stereocenters. The Bertz CT molecular complexity index is 3850. The summed E-state index contributed by atoms with van der Waals surface area (Å²) in [6, 6.07) is 81.8. The van der Waals surface area contributed by atoms with E-state index in [-0.39, 0.29) is 5.41 Å². The number of anilines is 3. The van der Waals surface area contributed by atoms with Crippen LogP contribution in [0.4, 0.5) is 17.1 Å². The second-order valence-corrected chi connectivity index (χ2v) is 20.0. The molecule has 0 saturated heterocycles. The number of rotatable bonds is 9. The van der Waals surface area contributed by atoms with Gasteiger partial charge < -0.3 is 9.47 Å². The molecule has 11 aromatic rings. The number of hydrogen-bond donors (Lipinski definition) is 0. The van der Waals surface area contributed by atoms with E-state index < -0.39 is 0 Å². The van der Waals surface area contributed by atoms with E-state index in [1.54, 1.807) is 0 Å². The maximum absolute atomic E-state index is 2.56. The van der Waals surface area contributed by atoms with Crippen LogP contribution in [0.15, 0.2) is 243 Å². The fourth-order valence-electron chi connectivity index (χ4n) is 12.3. The molecule has 2 nitrogen and oxygen atoms in total. The molecule has 0 aliphatic heterocycles. The Morgan fingerprint density at radius 2 is 1.07 bits per heavy atom. The number of hydrogen-bond acceptors (Lipinski definition) is 1. The molecule has 10 aromatic carbocycles. The van der Waals surface area contributed by atoms with Crippen molar-refractivity contribution < 1.29 is 0 Å². The minimum absolute atomic E-state index is 0.141. The topological polar surface area (TPSA) is 8.17 Å². The van der Waals surface area contributed by atoms with Gasteiger partial charge in [-0.1, -0.05) is 220 Å². The first kappa shape index (κ1) is 42.9. The summed E-state index contributed by atoms with van der Waals surface area (Å²) in [7, 11) is 0. The molecule has 1 aromatic heterocycles. The molecule has 0 amide bonds. The molecular weight excluding hydrogens is 857 g/mol. The summed E-state index contributed by atoms with van der Waals surface area (Å²) in [5.74, 6) is 0.559. The Morgan fingerprint density at radius 1 is 0.465 bits per heavy atom. The monoisotopic (exact) mass is 912 g/mol. The van der Waals surface area contributed by atoms with Crippen LogP contribution in [0.25, 0.3) is 82.4 Å². The van der Waals surface area contributed by atoms with Crippen molar-refractivity contribution >= 4 is 60.4 Å². The Kier molecular flexibility index (Phi) is 10.8. The molecule has 1 fully saturated rings. The highest BCUT2D eigenvalue weighted by atomic mass is 15.1. The van der Waals surface area contributed by atoms with Crippen LogP contribution in [-0.4, -0.2) is 4.57 Å². The molecule has 1 saturated carbocycles. The van der Waals surface area contributed by atoms with E-state index in [0.29, 0.717) is 5.92 Å². The van der Waals surface area contributed by atoms with Crippen LogP contribution in [0.5, 0.6) is 0 Å². The highest BCUT2D eigenvalue weighted by Crippen LogP contribution is 2.50. The van der Waals surface area contributed by atoms with Crippen molar-refractivity contribution in [1.82, 2.24) is 4.57 Å². The lowest BCUT2D eigenvalue weighted by molar-refractivity contribution is 0.445. The number of benzene rings is 10. The molecule has 0 radical (unpaired) electrons. The lowest BCUT2D eigenvalue weighted by atomic mass is 9.74. The largest absolute Gasteiger partial charge is 0.309 e. The Balaban J connectivity index is 1.05. The molecule has 0 N–H and O–H groups in total. The van der Waals surface area contributed by atoms with Crippen LogP contribution in [0, 0.1) is 0 Å². The molecule has 2 aliphatic rings. The average molecular weight is 913 g/mol. The molecule has 1 heterocycles. The Hall–Kier alpha value is -8.20. The molecule has 0 bridgehead atoms. The van der Waals surface area contributed by atoms with Crippen molar-refractivity contribution in [2.24, 2.45) is 0 Å². The first-order valence-corrected chi connectivity index (χ1v) is 25.7. The second-order valence-electron chi connectivity index (χ2n) is 20.0. The standard InChI is InChI=1S/C69H56N2/c1-69(44-15-4-16-45-69)62-38-21-27-50-26-20-37-61(68(50)62)58-34-11-14-41-65(58)71(64-40-13-10-33-57(64)60-36-19-25-49-24-18-35-55(67(49)60)48-22-5-2-6-23-48)54-31-17-28-51(46-54)52-42-43-59-56-32-9-12-39-63(56)70(66(59)47-52)53-29-7-3-8-30-53/h3-4,7-21,24-44,46-48H,2,5-6,22-23,45H2,1H3. The highest BCUT2D eigenvalue weighted by molar-refractivity contribution is 6.11. The van der Waals surface area contributed by atoms with Crippen LogP contribution >= 0.6 is 0 Å². The van der Waals surface area contributed by atoms with Gasteiger partial charge in [-0.25, -0.2) is 0 Å². The fourth-order valence-corrected chi connectivity index (χ4v) is 12.3. The van der Waals surface area contributed by atoms with Gasteiger partial charge in [0.2, 0.25) is 0 Å². The zero-order valence-electron chi connectivity index (χ0n) is 40.3. The fraction of sp³-hybridized carbons (Fsp3) is 0.130. The summed E-state index contributed by atoms with van der Waals surface area (Å²) < 4.78 is 2.42. The first-order valence-electron chi connectivity index (χ1n) is 25.7. The molecule has 13 rings (SSSR count). The summed E-state index contributed by atoms with van der Waals surface area (Å²) in [5, 5.41) is 7.76. The minimum Gasteiger partial charge on any atom is -0.309 e. The predicted octanol–water partition coefficient (Wildman–Crippen LogP) is 19.4. The Morgan fingerprint density at radius 3 is 1.82 bits per heavy atom. The maximum Gasteiger partial charge on any atom is 0.0547 e. The number of aromatic nitrogens is 1. The van der Waals surface area contributed by atoms with Crippen molar-refractivity contribution in [2.45, 2.75) is 56.8 Å². The third kappa shape index (κ3) is 7.49. The van der Waals surface area contributed by atoms with Crippen molar-refractivity contribution in [3.63, 3.8) is 0 Å². The molecule has 71 heavy (non-hydrogen) atoms. The van der Waals surface area contributed by atoms with E-state index >= 15 is 0 Å². The molecular formula is C69H56N2. The Labute approximate surface area is 417 Å². The summed E-state index contributed by atoms with van der Waals surface area (Å²) in [4.78, 5) is 2.56. The summed E-state index contributed by atoms with van der Waals surface area (Å²) in [5.41, 5.74) is 16.9. The minimum atomic E-state index is -0.141.